The van der Waals surface area contributed by atoms with Gasteiger partial charge >= 0.3 is 18.4 Å². The maximum Gasteiger partial charge on any atom is 0.416 e. The molecule has 0 bridgehead atoms. The summed E-state index contributed by atoms with van der Waals surface area (Å²) in [6.07, 6.45) is -9.38. The van der Waals surface area contributed by atoms with E-state index in [1.807, 2.05) is 13.0 Å². The van der Waals surface area contributed by atoms with Crippen LogP contribution in [0.3, 0.4) is 0 Å². The predicted molar refractivity (Wildman–Crippen MR) is 105 cm³/mol. The minimum absolute atomic E-state index is 0.0174. The van der Waals surface area contributed by atoms with Crippen LogP contribution in [-0.2, 0) is 23.5 Å². The number of ether oxygens (including phenoxy) is 1. The maximum absolute atomic E-state index is 13.2. The number of hydrogen-bond acceptors (Lipinski definition) is 2. The second-order valence-electron chi connectivity index (χ2n) is 7.46. The molecule has 0 unspecified atom stereocenters. The Morgan fingerprint density at radius 1 is 1.06 bits per heavy atom. The van der Waals surface area contributed by atoms with Gasteiger partial charge in [0.1, 0.15) is 0 Å². The molecule has 10 heteroatoms. The highest BCUT2D eigenvalue weighted by molar-refractivity contribution is 6.01. The van der Waals surface area contributed by atoms with E-state index in [4.69, 9.17) is 4.74 Å². The Kier molecular flexibility index (Phi) is 5.44. The molecule has 1 amide bonds. The van der Waals surface area contributed by atoms with Crippen LogP contribution in [0.15, 0.2) is 42.5 Å². The molecule has 2 heterocycles. The van der Waals surface area contributed by atoms with E-state index < -0.39 is 41.3 Å². The molecule has 0 saturated heterocycles. The first-order valence-corrected chi connectivity index (χ1v) is 9.85. The molecule has 1 aliphatic rings. The summed E-state index contributed by atoms with van der Waals surface area (Å²) in [6.45, 7) is 2.31. The number of anilines is 1. The third kappa shape index (κ3) is 3.94. The van der Waals surface area contributed by atoms with E-state index in [-0.39, 0.29) is 6.07 Å². The number of fused-ring (bicyclic) bond motifs is 3. The highest BCUT2D eigenvalue weighted by atomic mass is 19.4. The van der Waals surface area contributed by atoms with Gasteiger partial charge in [-0.25, -0.2) is 4.79 Å². The Bertz CT molecular complexity index is 1150. The number of benzene rings is 2. The van der Waals surface area contributed by atoms with Crippen molar-refractivity contribution in [1.29, 1.82) is 0 Å². The van der Waals surface area contributed by atoms with E-state index in [0.717, 1.165) is 10.9 Å². The third-order valence-electron chi connectivity index (χ3n) is 5.41. The van der Waals surface area contributed by atoms with E-state index in [9.17, 15) is 31.1 Å². The molecule has 32 heavy (non-hydrogen) atoms. The minimum Gasteiger partial charge on any atom is -0.372 e. The highest BCUT2D eigenvalue weighted by Gasteiger charge is 2.37. The third-order valence-corrected chi connectivity index (χ3v) is 5.41. The zero-order valence-corrected chi connectivity index (χ0v) is 16.8. The molecule has 170 valence electrons. The van der Waals surface area contributed by atoms with E-state index in [1.54, 1.807) is 18.2 Å². The number of amides is 1. The molecule has 2 aromatic carbocycles. The van der Waals surface area contributed by atoms with Crippen molar-refractivity contribution >= 4 is 22.6 Å². The Morgan fingerprint density at radius 2 is 1.69 bits per heavy atom. The number of para-hydroxylation sites is 1. The van der Waals surface area contributed by atoms with Gasteiger partial charge in [0, 0.05) is 11.1 Å². The Morgan fingerprint density at radius 3 is 2.28 bits per heavy atom. The Hall–Kier alpha value is -3.01. The van der Waals surface area contributed by atoms with Gasteiger partial charge < -0.3 is 10.1 Å². The molecular weight excluding hydrogens is 438 g/mol. The summed E-state index contributed by atoms with van der Waals surface area (Å²) in [5, 5.41) is 3.02. The fourth-order valence-corrected chi connectivity index (χ4v) is 4.05. The van der Waals surface area contributed by atoms with Crippen molar-refractivity contribution in [2.75, 3.05) is 11.9 Å². The van der Waals surface area contributed by atoms with E-state index in [2.05, 4.69) is 5.32 Å². The van der Waals surface area contributed by atoms with Gasteiger partial charge in [-0.15, -0.1) is 0 Å². The highest BCUT2D eigenvalue weighted by Crippen LogP contribution is 2.39. The molecule has 0 saturated carbocycles. The quantitative estimate of drug-likeness (QED) is 0.432. The minimum atomic E-state index is -5.01. The zero-order chi connectivity index (χ0) is 23.3. The lowest BCUT2D eigenvalue weighted by atomic mass is 10.0. The first-order chi connectivity index (χ1) is 15.0. The first kappa shape index (κ1) is 22.2. The normalized spacial score (nSPS) is 16.8. The predicted octanol–water partition coefficient (Wildman–Crippen LogP) is 6.78. The van der Waals surface area contributed by atoms with Crippen molar-refractivity contribution in [3.05, 3.63) is 64.8 Å². The summed E-state index contributed by atoms with van der Waals surface area (Å²) in [6, 6.07) is 7.12. The van der Waals surface area contributed by atoms with Crippen molar-refractivity contribution in [3.8, 4) is 0 Å². The molecule has 4 nitrogen and oxygen atoms in total. The first-order valence-electron chi connectivity index (χ1n) is 9.85. The number of nitrogens with zero attached hydrogens (tertiary/aromatic N) is 1. The Labute approximate surface area is 178 Å². The van der Waals surface area contributed by atoms with E-state index >= 15 is 0 Å². The second kappa shape index (κ2) is 7.84. The van der Waals surface area contributed by atoms with Crippen molar-refractivity contribution in [2.24, 2.45) is 0 Å². The van der Waals surface area contributed by atoms with Crippen LogP contribution in [0, 0.1) is 0 Å². The van der Waals surface area contributed by atoms with Crippen LogP contribution in [0.25, 0.3) is 10.9 Å². The standard InChI is InChI=1S/C22H18F6N2O2/c1-2-18-19-16(7-8-32-18)15-5-3-4-6-17(15)30(19)20(31)29-14-10-12(21(23,24)25)9-13(11-14)22(26,27)28/h3-6,9-11,18H,2,7-8H2,1H3,(H,29,31)/t18-/m0/s1. The van der Waals surface area contributed by atoms with Crippen molar-refractivity contribution in [3.63, 3.8) is 0 Å². The lowest BCUT2D eigenvalue weighted by Crippen LogP contribution is -2.26. The van der Waals surface area contributed by atoms with Gasteiger partial charge in [0.15, 0.2) is 0 Å². The molecule has 3 aromatic rings. The topological polar surface area (TPSA) is 43.3 Å². The number of carbonyl (C=O) groups is 1. The van der Waals surface area contributed by atoms with Gasteiger partial charge in [0.05, 0.1) is 35.0 Å². The van der Waals surface area contributed by atoms with Gasteiger partial charge in [-0.1, -0.05) is 25.1 Å². The number of nitrogens with one attached hydrogen (secondary N) is 1. The monoisotopic (exact) mass is 456 g/mol. The van der Waals surface area contributed by atoms with Gasteiger partial charge in [-0.3, -0.25) is 4.57 Å². The zero-order valence-electron chi connectivity index (χ0n) is 16.8. The second-order valence-corrected chi connectivity index (χ2v) is 7.46. The maximum atomic E-state index is 13.2. The van der Waals surface area contributed by atoms with Gasteiger partial charge in [0.2, 0.25) is 0 Å². The van der Waals surface area contributed by atoms with Crippen LogP contribution < -0.4 is 5.32 Å². The van der Waals surface area contributed by atoms with Crippen LogP contribution >= 0.6 is 0 Å². The van der Waals surface area contributed by atoms with Crippen LogP contribution in [0.2, 0.25) is 0 Å². The van der Waals surface area contributed by atoms with E-state index in [1.165, 1.54) is 4.57 Å². The number of carbonyl (C=O) groups excluding carboxylic acids is 1. The summed E-state index contributed by atoms with van der Waals surface area (Å²) >= 11 is 0. The number of halogens is 6. The van der Waals surface area contributed by atoms with Gasteiger partial charge in [-0.2, -0.15) is 26.3 Å². The average molecular weight is 456 g/mol. The van der Waals surface area contributed by atoms with E-state index in [0.29, 0.717) is 42.8 Å². The van der Waals surface area contributed by atoms with Crippen molar-refractivity contribution in [1.82, 2.24) is 4.57 Å². The number of aromatic nitrogens is 1. The molecule has 1 aromatic heterocycles. The van der Waals surface area contributed by atoms with Crippen LogP contribution in [-0.4, -0.2) is 17.2 Å². The van der Waals surface area contributed by atoms with Gasteiger partial charge in [-0.05, 0) is 42.7 Å². The number of alkyl halides is 6. The molecule has 0 spiro atoms. The molecule has 0 aliphatic carbocycles. The molecule has 1 atom stereocenters. The van der Waals surface area contributed by atoms with Crippen molar-refractivity contribution < 1.29 is 35.9 Å². The van der Waals surface area contributed by atoms with Crippen LogP contribution in [0.5, 0.6) is 0 Å². The molecule has 1 aliphatic heterocycles. The summed E-state index contributed by atoms with van der Waals surface area (Å²) in [7, 11) is 0. The lowest BCUT2D eigenvalue weighted by molar-refractivity contribution is -0.143. The molecular formula is C22H18F6N2O2. The summed E-state index contributed by atoms with van der Waals surface area (Å²) in [5.41, 5.74) is -1.67. The fraction of sp³-hybridized carbons (Fsp3) is 0.318. The fourth-order valence-electron chi connectivity index (χ4n) is 4.05. The molecule has 4 rings (SSSR count). The number of rotatable bonds is 2. The molecule has 1 N–H and O–H groups in total. The largest absolute Gasteiger partial charge is 0.416 e. The average Bonchev–Trinajstić information content (AvgIpc) is 3.07. The summed E-state index contributed by atoms with van der Waals surface area (Å²) < 4.78 is 86.1. The van der Waals surface area contributed by atoms with Crippen molar-refractivity contribution in [2.45, 2.75) is 38.2 Å². The number of hydrogen-bond donors (Lipinski definition) is 1. The lowest BCUT2D eigenvalue weighted by Gasteiger charge is -2.25. The molecule has 0 fully saturated rings. The summed E-state index contributed by atoms with van der Waals surface area (Å²) in [4.78, 5) is 13.2. The smallest absolute Gasteiger partial charge is 0.372 e. The van der Waals surface area contributed by atoms with Crippen LogP contribution in [0.4, 0.5) is 36.8 Å². The van der Waals surface area contributed by atoms with Gasteiger partial charge in [0.25, 0.3) is 0 Å². The summed E-state index contributed by atoms with van der Waals surface area (Å²) in [5.74, 6) is 0. The molecule has 0 radical (unpaired) electrons. The SMILES string of the molecule is CC[C@@H]1OCCc2c1n(C(=O)Nc1cc(C(F)(F)F)cc(C(F)(F)F)c1)c1ccccc21. The Balaban J connectivity index is 1.82. The van der Waals surface area contributed by atoms with Crippen LogP contribution in [0.1, 0.15) is 41.8 Å².